The third-order valence-corrected chi connectivity index (χ3v) is 6.54. The van der Waals surface area contributed by atoms with Crippen LogP contribution in [0, 0.1) is 0 Å². The Morgan fingerprint density at radius 3 is 2.22 bits per heavy atom. The largest absolute Gasteiger partial charge is 0.357 e. The molecule has 2 amide bonds. The van der Waals surface area contributed by atoms with Crippen LogP contribution in [0.25, 0.3) is 0 Å². The summed E-state index contributed by atoms with van der Waals surface area (Å²) in [7, 11) is -1.95. The van der Waals surface area contributed by atoms with E-state index in [1.165, 1.54) is 4.31 Å². The van der Waals surface area contributed by atoms with Crippen molar-refractivity contribution in [2.75, 3.05) is 24.2 Å². The molecule has 2 aromatic rings. The van der Waals surface area contributed by atoms with Crippen LogP contribution >= 0.6 is 11.6 Å². The van der Waals surface area contributed by atoms with Gasteiger partial charge in [0, 0.05) is 31.6 Å². The number of amides is 2. The number of para-hydroxylation sites is 1. The van der Waals surface area contributed by atoms with Gasteiger partial charge in [-0.05, 0) is 42.7 Å². The lowest BCUT2D eigenvalue weighted by molar-refractivity contribution is -0.141. The second-order valence-electron chi connectivity index (χ2n) is 7.46. The van der Waals surface area contributed by atoms with Crippen molar-refractivity contribution in [3.63, 3.8) is 0 Å². The van der Waals surface area contributed by atoms with Crippen LogP contribution in [-0.4, -0.2) is 51.0 Å². The molecule has 1 N–H and O–H groups in total. The maximum atomic E-state index is 13.2. The molecule has 0 aliphatic heterocycles. The number of rotatable bonds is 11. The van der Waals surface area contributed by atoms with Gasteiger partial charge in [0.1, 0.15) is 6.04 Å². The van der Waals surface area contributed by atoms with Crippen molar-refractivity contribution in [3.05, 3.63) is 65.2 Å². The van der Waals surface area contributed by atoms with Gasteiger partial charge in [0.2, 0.25) is 21.8 Å². The summed E-state index contributed by atoms with van der Waals surface area (Å²) in [6.07, 6.45) is 2.04. The second kappa shape index (κ2) is 11.9. The summed E-state index contributed by atoms with van der Waals surface area (Å²) in [5.41, 5.74) is 1.41. The molecule has 0 saturated heterocycles. The lowest BCUT2D eigenvalue weighted by Crippen LogP contribution is -2.48. The minimum absolute atomic E-state index is 0.111. The standard InChI is InChI=1S/C23H30ClN3O4S/c1-4-21(23(29)25-2)26(17-18-12-14-19(24)15-13-18)22(28)11-8-16-27(32(3,30)31)20-9-6-5-7-10-20/h5-7,9-10,12-15,21H,4,8,11,16-17H2,1-3H3,(H,25,29)/t21-/m0/s1. The van der Waals surface area contributed by atoms with Crippen LogP contribution in [0.4, 0.5) is 5.69 Å². The molecule has 174 valence electrons. The number of carbonyl (C=O) groups excluding carboxylic acids is 2. The number of halogens is 1. The van der Waals surface area contributed by atoms with E-state index in [9.17, 15) is 18.0 Å². The number of hydrogen-bond acceptors (Lipinski definition) is 4. The normalized spacial score (nSPS) is 12.1. The number of benzene rings is 2. The smallest absolute Gasteiger partial charge is 0.242 e. The molecule has 0 unspecified atom stereocenters. The monoisotopic (exact) mass is 479 g/mol. The van der Waals surface area contributed by atoms with Crippen LogP contribution in [0.15, 0.2) is 54.6 Å². The second-order valence-corrected chi connectivity index (χ2v) is 9.80. The number of nitrogens with zero attached hydrogens (tertiary/aromatic N) is 2. The molecule has 0 bridgehead atoms. The number of anilines is 1. The van der Waals surface area contributed by atoms with Crippen molar-refractivity contribution in [2.45, 2.75) is 38.8 Å². The fraction of sp³-hybridized carbons (Fsp3) is 0.391. The van der Waals surface area contributed by atoms with Crippen LogP contribution in [0.3, 0.4) is 0 Å². The van der Waals surface area contributed by atoms with E-state index in [0.29, 0.717) is 23.6 Å². The quantitative estimate of drug-likeness (QED) is 0.534. The molecule has 0 aliphatic rings. The van der Waals surface area contributed by atoms with Gasteiger partial charge in [-0.2, -0.15) is 0 Å². The van der Waals surface area contributed by atoms with Crippen molar-refractivity contribution in [1.82, 2.24) is 10.2 Å². The molecule has 0 aromatic heterocycles. The molecule has 1 atom stereocenters. The summed E-state index contributed by atoms with van der Waals surface area (Å²) in [6, 6.07) is 15.3. The summed E-state index contributed by atoms with van der Waals surface area (Å²) >= 11 is 5.96. The van der Waals surface area contributed by atoms with E-state index in [-0.39, 0.29) is 31.3 Å². The average Bonchev–Trinajstić information content (AvgIpc) is 2.77. The van der Waals surface area contributed by atoms with Crippen molar-refractivity contribution in [3.8, 4) is 0 Å². The van der Waals surface area contributed by atoms with Crippen LogP contribution in [0.5, 0.6) is 0 Å². The van der Waals surface area contributed by atoms with E-state index >= 15 is 0 Å². The Labute approximate surface area is 195 Å². The number of nitrogens with one attached hydrogen (secondary N) is 1. The highest BCUT2D eigenvalue weighted by Gasteiger charge is 2.28. The van der Waals surface area contributed by atoms with Gasteiger partial charge in [-0.3, -0.25) is 13.9 Å². The number of likely N-dealkylation sites (N-methyl/N-ethyl adjacent to an activating group) is 1. The molecule has 7 nitrogen and oxygen atoms in total. The Morgan fingerprint density at radius 2 is 1.69 bits per heavy atom. The fourth-order valence-corrected chi connectivity index (χ4v) is 4.56. The number of carbonyl (C=O) groups is 2. The Balaban J connectivity index is 2.15. The van der Waals surface area contributed by atoms with Crippen LogP contribution in [0.2, 0.25) is 5.02 Å². The van der Waals surface area contributed by atoms with Gasteiger partial charge in [0.05, 0.1) is 11.9 Å². The van der Waals surface area contributed by atoms with Crippen molar-refractivity contribution >= 4 is 39.1 Å². The maximum Gasteiger partial charge on any atom is 0.242 e. The molecule has 9 heteroatoms. The topological polar surface area (TPSA) is 86.8 Å². The first-order valence-electron chi connectivity index (χ1n) is 10.5. The van der Waals surface area contributed by atoms with Gasteiger partial charge >= 0.3 is 0 Å². The van der Waals surface area contributed by atoms with Gasteiger partial charge in [0.25, 0.3) is 0 Å². The molecule has 32 heavy (non-hydrogen) atoms. The molecular formula is C23H30ClN3O4S. The Morgan fingerprint density at radius 1 is 1.06 bits per heavy atom. The highest BCUT2D eigenvalue weighted by atomic mass is 35.5. The zero-order valence-electron chi connectivity index (χ0n) is 18.6. The van der Waals surface area contributed by atoms with Gasteiger partial charge in [-0.25, -0.2) is 8.42 Å². The molecule has 2 rings (SSSR count). The van der Waals surface area contributed by atoms with Crippen molar-refractivity contribution < 1.29 is 18.0 Å². The average molecular weight is 480 g/mol. The fourth-order valence-electron chi connectivity index (χ4n) is 3.47. The summed E-state index contributed by atoms with van der Waals surface area (Å²) in [6.45, 7) is 2.28. The minimum atomic E-state index is -3.50. The van der Waals surface area contributed by atoms with E-state index < -0.39 is 16.1 Å². The van der Waals surface area contributed by atoms with Crippen LogP contribution < -0.4 is 9.62 Å². The van der Waals surface area contributed by atoms with E-state index in [0.717, 1.165) is 11.8 Å². The molecule has 0 radical (unpaired) electrons. The van der Waals surface area contributed by atoms with E-state index in [1.807, 2.05) is 25.1 Å². The van der Waals surface area contributed by atoms with Crippen molar-refractivity contribution in [2.24, 2.45) is 0 Å². The summed E-state index contributed by atoms with van der Waals surface area (Å²) in [4.78, 5) is 27.1. The van der Waals surface area contributed by atoms with Gasteiger partial charge in [0.15, 0.2) is 0 Å². The van der Waals surface area contributed by atoms with E-state index in [4.69, 9.17) is 11.6 Å². The molecule has 0 aliphatic carbocycles. The highest BCUT2D eigenvalue weighted by Crippen LogP contribution is 2.19. The summed E-state index contributed by atoms with van der Waals surface area (Å²) in [5.74, 6) is -0.450. The van der Waals surface area contributed by atoms with Crippen LogP contribution in [-0.2, 0) is 26.2 Å². The lowest BCUT2D eigenvalue weighted by Gasteiger charge is -2.30. The van der Waals surface area contributed by atoms with Gasteiger partial charge < -0.3 is 10.2 Å². The first-order valence-corrected chi connectivity index (χ1v) is 12.7. The van der Waals surface area contributed by atoms with Gasteiger partial charge in [-0.15, -0.1) is 0 Å². The van der Waals surface area contributed by atoms with E-state index in [2.05, 4.69) is 5.32 Å². The predicted molar refractivity (Wildman–Crippen MR) is 128 cm³/mol. The third-order valence-electron chi connectivity index (χ3n) is 5.09. The number of sulfonamides is 1. The van der Waals surface area contributed by atoms with E-state index in [1.54, 1.807) is 48.3 Å². The van der Waals surface area contributed by atoms with Gasteiger partial charge in [-0.1, -0.05) is 48.9 Å². The predicted octanol–water partition coefficient (Wildman–Crippen LogP) is 3.44. The number of hydrogen-bond donors (Lipinski definition) is 1. The van der Waals surface area contributed by atoms with Crippen molar-refractivity contribution in [1.29, 1.82) is 0 Å². The molecule has 0 heterocycles. The van der Waals surface area contributed by atoms with Crippen LogP contribution in [0.1, 0.15) is 31.7 Å². The zero-order valence-corrected chi connectivity index (χ0v) is 20.2. The Kier molecular flexibility index (Phi) is 9.53. The Hall–Kier alpha value is -2.58. The molecule has 0 fully saturated rings. The maximum absolute atomic E-state index is 13.2. The zero-order chi connectivity index (χ0) is 23.7. The molecule has 0 saturated carbocycles. The molecular weight excluding hydrogens is 450 g/mol. The SMILES string of the molecule is CC[C@@H](C(=O)NC)N(Cc1ccc(Cl)cc1)C(=O)CCCN(c1ccccc1)S(C)(=O)=O. The Bertz CT molecular complexity index is 998. The third kappa shape index (κ3) is 7.24. The molecule has 2 aromatic carbocycles. The first kappa shape index (κ1) is 25.7. The molecule has 0 spiro atoms. The summed E-state index contributed by atoms with van der Waals surface area (Å²) in [5, 5.41) is 3.21. The highest BCUT2D eigenvalue weighted by molar-refractivity contribution is 7.92. The minimum Gasteiger partial charge on any atom is -0.357 e. The lowest BCUT2D eigenvalue weighted by atomic mass is 10.1. The first-order chi connectivity index (χ1) is 15.2. The summed E-state index contributed by atoms with van der Waals surface area (Å²) < 4.78 is 25.8.